The number of hydrogen-bond acceptors (Lipinski definition) is 2. The molecule has 0 saturated heterocycles. The van der Waals surface area contributed by atoms with Crippen molar-refractivity contribution in [3.8, 4) is 0 Å². The first-order valence-electron chi connectivity index (χ1n) is 6.51. The largest absolute Gasteiger partial charge is 0.355 e. The number of nitrogens with one attached hydrogen (secondary N) is 2. The Balaban J connectivity index is 3.72. The molecule has 0 radical (unpaired) electrons. The van der Waals surface area contributed by atoms with Crippen molar-refractivity contribution in [2.45, 2.75) is 66.0 Å². The summed E-state index contributed by atoms with van der Waals surface area (Å²) in [5.41, 5.74) is 0. The predicted octanol–water partition coefficient (Wildman–Crippen LogP) is 2.32. The van der Waals surface area contributed by atoms with Gasteiger partial charge in [0.1, 0.15) is 0 Å². The van der Waals surface area contributed by atoms with E-state index in [9.17, 15) is 4.79 Å². The van der Waals surface area contributed by atoms with Crippen LogP contribution in [0.5, 0.6) is 0 Å². The van der Waals surface area contributed by atoms with Crippen molar-refractivity contribution in [3.05, 3.63) is 0 Å². The lowest BCUT2D eigenvalue weighted by molar-refractivity contribution is -0.122. The Kier molecular flexibility index (Phi) is 8.26. The second kappa shape index (κ2) is 8.57. The van der Waals surface area contributed by atoms with Crippen molar-refractivity contribution < 1.29 is 4.79 Å². The van der Waals surface area contributed by atoms with Gasteiger partial charge >= 0.3 is 0 Å². The van der Waals surface area contributed by atoms with Crippen LogP contribution in [0.2, 0.25) is 0 Å². The zero-order valence-corrected chi connectivity index (χ0v) is 11.5. The van der Waals surface area contributed by atoms with E-state index in [1.54, 1.807) is 0 Å². The molecule has 0 bridgehead atoms. The number of rotatable bonds is 8. The average molecular weight is 228 g/mol. The van der Waals surface area contributed by atoms with Crippen LogP contribution in [0.15, 0.2) is 0 Å². The van der Waals surface area contributed by atoms with Crippen LogP contribution >= 0.6 is 0 Å². The fourth-order valence-electron chi connectivity index (χ4n) is 1.66. The monoisotopic (exact) mass is 228 g/mol. The second-order valence-corrected chi connectivity index (χ2v) is 5.05. The maximum atomic E-state index is 11.7. The maximum Gasteiger partial charge on any atom is 0.236 e. The summed E-state index contributed by atoms with van der Waals surface area (Å²) < 4.78 is 0. The lowest BCUT2D eigenvalue weighted by Crippen LogP contribution is -2.46. The average Bonchev–Trinajstić information content (AvgIpc) is 2.17. The molecule has 0 aromatic heterocycles. The van der Waals surface area contributed by atoms with Gasteiger partial charge in [0.25, 0.3) is 0 Å². The molecule has 3 heteroatoms. The quantitative estimate of drug-likeness (QED) is 0.669. The minimum absolute atomic E-state index is 0.0892. The van der Waals surface area contributed by atoms with E-state index in [-0.39, 0.29) is 11.9 Å². The molecule has 1 amide bonds. The van der Waals surface area contributed by atoms with Crippen LogP contribution in [0.4, 0.5) is 0 Å². The molecule has 2 N–H and O–H groups in total. The summed E-state index contributed by atoms with van der Waals surface area (Å²) in [7, 11) is 0. The number of hydrogen-bond donors (Lipinski definition) is 2. The molecule has 0 spiro atoms. The minimum atomic E-state index is -0.0892. The van der Waals surface area contributed by atoms with Crippen molar-refractivity contribution in [1.29, 1.82) is 0 Å². The van der Waals surface area contributed by atoms with E-state index in [0.29, 0.717) is 12.0 Å². The van der Waals surface area contributed by atoms with Gasteiger partial charge < -0.3 is 10.6 Å². The van der Waals surface area contributed by atoms with Crippen LogP contribution in [0.1, 0.15) is 53.9 Å². The number of carbonyl (C=O) groups excluding carboxylic acids is 1. The zero-order valence-electron chi connectivity index (χ0n) is 11.5. The molecule has 0 fully saturated rings. The first-order valence-corrected chi connectivity index (χ1v) is 6.51. The van der Waals surface area contributed by atoms with Crippen LogP contribution in [-0.2, 0) is 4.79 Å². The topological polar surface area (TPSA) is 41.1 Å². The number of amides is 1. The fourth-order valence-corrected chi connectivity index (χ4v) is 1.66. The highest BCUT2D eigenvalue weighted by atomic mass is 16.2. The van der Waals surface area contributed by atoms with Gasteiger partial charge in [-0.05, 0) is 32.6 Å². The van der Waals surface area contributed by atoms with Gasteiger partial charge in [-0.15, -0.1) is 0 Å². The predicted molar refractivity (Wildman–Crippen MR) is 69.4 cm³/mol. The van der Waals surface area contributed by atoms with E-state index in [1.165, 1.54) is 0 Å². The summed E-state index contributed by atoms with van der Waals surface area (Å²) in [6, 6.07) is 0.324. The molecule has 0 aliphatic carbocycles. The van der Waals surface area contributed by atoms with E-state index in [2.05, 4.69) is 38.3 Å². The Morgan fingerprint density at radius 2 is 1.75 bits per heavy atom. The van der Waals surface area contributed by atoms with Crippen LogP contribution < -0.4 is 10.6 Å². The first kappa shape index (κ1) is 15.4. The van der Waals surface area contributed by atoms with Crippen molar-refractivity contribution in [2.75, 3.05) is 6.54 Å². The second-order valence-electron chi connectivity index (χ2n) is 5.05. The van der Waals surface area contributed by atoms with E-state index < -0.39 is 0 Å². The van der Waals surface area contributed by atoms with Crippen molar-refractivity contribution in [3.63, 3.8) is 0 Å². The van der Waals surface area contributed by atoms with Gasteiger partial charge in [0, 0.05) is 12.6 Å². The highest BCUT2D eigenvalue weighted by Crippen LogP contribution is 1.98. The molecule has 3 nitrogen and oxygen atoms in total. The third kappa shape index (κ3) is 7.69. The van der Waals surface area contributed by atoms with Gasteiger partial charge in [0.05, 0.1) is 6.04 Å². The lowest BCUT2D eigenvalue weighted by Gasteiger charge is -2.19. The molecular weight excluding hydrogens is 200 g/mol. The molecule has 2 atom stereocenters. The summed E-state index contributed by atoms with van der Waals surface area (Å²) in [6.07, 6.45) is 3.31. The van der Waals surface area contributed by atoms with E-state index in [4.69, 9.17) is 0 Å². The molecular formula is C13H28N2O. The van der Waals surface area contributed by atoms with E-state index in [0.717, 1.165) is 25.8 Å². The Morgan fingerprint density at radius 1 is 1.12 bits per heavy atom. The highest BCUT2D eigenvalue weighted by molar-refractivity contribution is 5.81. The molecule has 16 heavy (non-hydrogen) atoms. The molecule has 0 rings (SSSR count). The Morgan fingerprint density at radius 3 is 2.25 bits per heavy atom. The first-order chi connectivity index (χ1) is 7.47. The molecule has 0 aliphatic heterocycles. The summed E-state index contributed by atoms with van der Waals surface area (Å²) in [4.78, 5) is 11.7. The summed E-state index contributed by atoms with van der Waals surface area (Å²) in [5, 5.41) is 6.27. The maximum absolute atomic E-state index is 11.7. The van der Waals surface area contributed by atoms with E-state index >= 15 is 0 Å². The van der Waals surface area contributed by atoms with Gasteiger partial charge in [-0.25, -0.2) is 0 Å². The minimum Gasteiger partial charge on any atom is -0.355 e. The summed E-state index contributed by atoms with van der Waals surface area (Å²) in [5.74, 6) is 0.756. The fraction of sp³-hybridized carbons (Fsp3) is 0.923. The third-order valence-electron chi connectivity index (χ3n) is 2.67. The molecule has 0 aromatic rings. The Hall–Kier alpha value is -0.570. The van der Waals surface area contributed by atoms with Gasteiger partial charge in [-0.1, -0.05) is 27.2 Å². The zero-order chi connectivity index (χ0) is 12.6. The Bertz CT molecular complexity index is 192. The highest BCUT2D eigenvalue weighted by Gasteiger charge is 2.14. The molecule has 96 valence electrons. The van der Waals surface area contributed by atoms with Crippen LogP contribution in [0.3, 0.4) is 0 Å². The Labute approximate surface area is 100 Å². The molecule has 0 aromatic carbocycles. The third-order valence-corrected chi connectivity index (χ3v) is 2.67. The van der Waals surface area contributed by atoms with Gasteiger partial charge in [-0.2, -0.15) is 0 Å². The lowest BCUT2D eigenvalue weighted by atomic mass is 10.1. The van der Waals surface area contributed by atoms with Gasteiger partial charge in [-0.3, -0.25) is 4.79 Å². The molecule has 0 saturated carbocycles. The smallest absolute Gasteiger partial charge is 0.236 e. The normalized spacial score (nSPS) is 14.9. The summed E-state index contributed by atoms with van der Waals surface area (Å²) >= 11 is 0. The van der Waals surface area contributed by atoms with Crippen molar-refractivity contribution in [2.24, 2.45) is 5.92 Å². The standard InChI is InChI=1S/C13H28N2O/c1-6-7-11(4)15-12(5)13(16)14-9-8-10(2)3/h10-12,15H,6-9H2,1-5H3,(H,14,16). The number of carbonyl (C=O) groups is 1. The molecule has 0 heterocycles. The molecule has 2 unspecified atom stereocenters. The van der Waals surface area contributed by atoms with Gasteiger partial charge in [0.15, 0.2) is 0 Å². The van der Waals surface area contributed by atoms with Crippen molar-refractivity contribution in [1.82, 2.24) is 10.6 Å². The van der Waals surface area contributed by atoms with Crippen LogP contribution in [-0.4, -0.2) is 24.5 Å². The summed E-state index contributed by atoms with van der Waals surface area (Å²) in [6.45, 7) is 11.3. The van der Waals surface area contributed by atoms with Gasteiger partial charge in [0.2, 0.25) is 5.91 Å². The van der Waals surface area contributed by atoms with Crippen molar-refractivity contribution >= 4 is 5.91 Å². The van der Waals surface area contributed by atoms with Crippen LogP contribution in [0.25, 0.3) is 0 Å². The SMILES string of the molecule is CCCC(C)NC(C)C(=O)NCCC(C)C. The molecule has 0 aliphatic rings. The van der Waals surface area contributed by atoms with E-state index in [1.807, 2.05) is 6.92 Å². The van der Waals surface area contributed by atoms with Crippen LogP contribution in [0, 0.1) is 5.92 Å².